The Labute approximate surface area is 217 Å². The van der Waals surface area contributed by atoms with Crippen LogP contribution in [-0.2, 0) is 4.79 Å². The summed E-state index contributed by atoms with van der Waals surface area (Å²) in [6.45, 7) is 9.38. The van der Waals surface area contributed by atoms with E-state index in [1.54, 1.807) is 24.6 Å². The van der Waals surface area contributed by atoms with E-state index in [1.807, 2.05) is 24.4 Å². The van der Waals surface area contributed by atoms with Gasteiger partial charge in [0.15, 0.2) is 0 Å². The van der Waals surface area contributed by atoms with Crippen LogP contribution in [-0.4, -0.2) is 67.9 Å². The van der Waals surface area contributed by atoms with E-state index in [-0.39, 0.29) is 24.6 Å². The molecule has 3 fully saturated rings. The normalized spacial score (nSPS) is 19.2. The summed E-state index contributed by atoms with van der Waals surface area (Å²) in [6, 6.07) is 8.58. The van der Waals surface area contributed by atoms with E-state index in [9.17, 15) is 15.2 Å². The Bertz CT molecular complexity index is 1320. The Morgan fingerprint density at radius 1 is 1.27 bits per heavy atom. The van der Waals surface area contributed by atoms with Crippen LogP contribution in [0.4, 0.5) is 5.82 Å². The largest absolute Gasteiger partial charge is 0.489 e. The van der Waals surface area contributed by atoms with Gasteiger partial charge in [0.25, 0.3) is 0 Å². The first-order valence-electron chi connectivity index (χ1n) is 12.9. The Balaban J connectivity index is 1.35. The van der Waals surface area contributed by atoms with Crippen molar-refractivity contribution in [2.45, 2.75) is 64.6 Å². The van der Waals surface area contributed by atoms with Crippen LogP contribution in [0.1, 0.15) is 52.5 Å². The summed E-state index contributed by atoms with van der Waals surface area (Å²) in [5.74, 6) is 2.24. The topological polar surface area (TPSA) is 107 Å². The number of hydrogen-bond acceptors (Lipinski definition) is 7. The summed E-state index contributed by atoms with van der Waals surface area (Å²) in [6.07, 6.45) is 7.68. The lowest BCUT2D eigenvalue weighted by molar-refractivity contribution is -0.146. The maximum absolute atomic E-state index is 12.7. The molecule has 9 nitrogen and oxygen atoms in total. The standard InChI is InChI=1S/C28H34N6O3/c1-18(2)5-8-26(35)34-21-9-22(34)15-32(14-21)25-7-6-19(12-30-25)24-10-23(37-17-28(3,4)36)16-33-27(24)20(11-29)13-31-33/h6-7,10,12-13,16,18,21-22,36H,5,8-9,14-15,17H2,1-4H3. The van der Waals surface area contributed by atoms with Crippen LogP contribution in [0.2, 0.25) is 0 Å². The van der Waals surface area contributed by atoms with E-state index < -0.39 is 5.60 Å². The second-order valence-electron chi connectivity index (χ2n) is 11.2. The number of ether oxygens (including phenoxy) is 1. The average molecular weight is 503 g/mol. The molecule has 0 radical (unpaired) electrons. The smallest absolute Gasteiger partial charge is 0.223 e. The molecule has 0 saturated carbocycles. The molecule has 0 spiro atoms. The van der Waals surface area contributed by atoms with Gasteiger partial charge in [0.05, 0.1) is 41.2 Å². The molecule has 1 N–H and O–H groups in total. The Hall–Kier alpha value is -3.64. The van der Waals surface area contributed by atoms with E-state index >= 15 is 0 Å². The summed E-state index contributed by atoms with van der Waals surface area (Å²) in [7, 11) is 0. The van der Waals surface area contributed by atoms with Crippen molar-refractivity contribution < 1.29 is 14.6 Å². The monoisotopic (exact) mass is 502 g/mol. The third kappa shape index (κ3) is 5.12. The fourth-order valence-electron chi connectivity index (χ4n) is 5.22. The lowest BCUT2D eigenvalue weighted by atomic mass is 9.86. The molecule has 2 atom stereocenters. The minimum Gasteiger partial charge on any atom is -0.489 e. The van der Waals surface area contributed by atoms with E-state index in [4.69, 9.17) is 9.72 Å². The van der Waals surface area contributed by atoms with Gasteiger partial charge < -0.3 is 19.6 Å². The summed E-state index contributed by atoms with van der Waals surface area (Å²) in [5.41, 5.74) is 1.79. The van der Waals surface area contributed by atoms with Gasteiger partial charge in [-0.1, -0.05) is 13.8 Å². The predicted molar refractivity (Wildman–Crippen MR) is 140 cm³/mol. The molecule has 3 aromatic heterocycles. The molecule has 3 saturated heterocycles. The highest BCUT2D eigenvalue weighted by molar-refractivity contribution is 5.85. The number of hydrogen-bond donors (Lipinski definition) is 1. The number of anilines is 1. The SMILES string of the molecule is CC(C)CCC(=O)N1C2CC1CN(c1ccc(-c3cc(OCC(C)(C)O)cn4ncc(C#N)c34)cn1)C2. The lowest BCUT2D eigenvalue weighted by Crippen LogP contribution is -2.70. The zero-order chi connectivity index (χ0) is 26.3. The van der Waals surface area contributed by atoms with E-state index in [1.165, 1.54) is 6.20 Å². The second-order valence-corrected chi connectivity index (χ2v) is 11.2. The van der Waals surface area contributed by atoms with Crippen molar-refractivity contribution in [3.63, 3.8) is 0 Å². The van der Waals surface area contributed by atoms with Crippen molar-refractivity contribution in [3.8, 4) is 22.9 Å². The maximum Gasteiger partial charge on any atom is 0.223 e. The zero-order valence-electron chi connectivity index (χ0n) is 21.9. The predicted octanol–water partition coefficient (Wildman–Crippen LogP) is 3.64. The first kappa shape index (κ1) is 25.0. The number of nitriles is 1. The summed E-state index contributed by atoms with van der Waals surface area (Å²) >= 11 is 0. The molecule has 3 aliphatic heterocycles. The average Bonchev–Trinajstić information content (AvgIpc) is 3.28. The molecule has 0 aromatic carbocycles. The van der Waals surface area contributed by atoms with Crippen molar-refractivity contribution in [2.75, 3.05) is 24.6 Å². The van der Waals surface area contributed by atoms with Gasteiger partial charge in [0.1, 0.15) is 24.2 Å². The van der Waals surface area contributed by atoms with Gasteiger partial charge in [-0.3, -0.25) is 4.79 Å². The van der Waals surface area contributed by atoms with Gasteiger partial charge in [-0.15, -0.1) is 0 Å². The molecule has 3 aliphatic rings. The molecule has 3 aromatic rings. The maximum atomic E-state index is 12.7. The quantitative estimate of drug-likeness (QED) is 0.501. The number of piperidine rings is 1. The number of carbonyl (C=O) groups excluding carboxylic acids is 1. The lowest BCUT2D eigenvalue weighted by Gasteiger charge is -2.56. The Morgan fingerprint density at radius 3 is 2.65 bits per heavy atom. The number of fused-ring (bicyclic) bond motifs is 3. The highest BCUT2D eigenvalue weighted by Gasteiger charge is 2.47. The molecular formula is C28H34N6O3. The molecule has 9 heteroatoms. The molecule has 6 rings (SSSR count). The Morgan fingerprint density at radius 2 is 2.03 bits per heavy atom. The van der Waals surface area contributed by atoms with Crippen LogP contribution in [0.3, 0.4) is 0 Å². The van der Waals surface area contributed by atoms with Crippen LogP contribution in [0.15, 0.2) is 36.8 Å². The minimum atomic E-state index is -0.982. The van der Waals surface area contributed by atoms with Crippen molar-refractivity contribution in [3.05, 3.63) is 42.4 Å². The van der Waals surface area contributed by atoms with E-state index in [0.717, 1.165) is 42.9 Å². The number of pyridine rings is 2. The van der Waals surface area contributed by atoms with Crippen molar-refractivity contribution in [1.29, 1.82) is 5.26 Å². The molecular weight excluding hydrogens is 468 g/mol. The third-order valence-electron chi connectivity index (χ3n) is 7.10. The zero-order valence-corrected chi connectivity index (χ0v) is 21.9. The molecule has 2 bridgehead atoms. The van der Waals surface area contributed by atoms with Gasteiger partial charge in [0, 0.05) is 36.8 Å². The van der Waals surface area contributed by atoms with E-state index in [0.29, 0.717) is 29.2 Å². The fraction of sp³-hybridized carbons (Fsp3) is 0.500. The number of nitrogens with zero attached hydrogens (tertiary/aromatic N) is 6. The summed E-state index contributed by atoms with van der Waals surface area (Å²) < 4.78 is 7.45. The molecule has 6 heterocycles. The summed E-state index contributed by atoms with van der Waals surface area (Å²) in [4.78, 5) is 21.8. The summed E-state index contributed by atoms with van der Waals surface area (Å²) in [5, 5.41) is 24.0. The van der Waals surface area contributed by atoms with Gasteiger partial charge in [0.2, 0.25) is 5.91 Å². The number of rotatable bonds is 8. The van der Waals surface area contributed by atoms with Crippen LogP contribution in [0.25, 0.3) is 16.6 Å². The van der Waals surface area contributed by atoms with Gasteiger partial charge in [-0.05, 0) is 50.8 Å². The van der Waals surface area contributed by atoms with Crippen molar-refractivity contribution in [2.24, 2.45) is 5.92 Å². The molecule has 0 aliphatic carbocycles. The van der Waals surface area contributed by atoms with Crippen LogP contribution >= 0.6 is 0 Å². The number of aromatic nitrogens is 3. The number of carbonyl (C=O) groups is 1. The highest BCUT2D eigenvalue weighted by Crippen LogP contribution is 2.36. The van der Waals surface area contributed by atoms with Gasteiger partial charge >= 0.3 is 0 Å². The number of aliphatic hydroxyl groups is 1. The molecule has 194 valence electrons. The van der Waals surface area contributed by atoms with Gasteiger partial charge in [-0.25, -0.2) is 9.50 Å². The first-order chi connectivity index (χ1) is 17.6. The Kier molecular flexibility index (Phi) is 6.54. The van der Waals surface area contributed by atoms with Crippen LogP contribution in [0, 0.1) is 17.2 Å². The second kappa shape index (κ2) is 9.67. The van der Waals surface area contributed by atoms with Crippen LogP contribution in [0.5, 0.6) is 5.75 Å². The highest BCUT2D eigenvalue weighted by atomic mass is 16.5. The van der Waals surface area contributed by atoms with E-state index in [2.05, 4.69) is 34.8 Å². The molecule has 1 amide bonds. The first-order valence-corrected chi connectivity index (χ1v) is 12.9. The number of piperazine rings is 1. The molecule has 2 unspecified atom stereocenters. The minimum absolute atomic E-state index is 0.121. The van der Waals surface area contributed by atoms with Crippen molar-refractivity contribution in [1.82, 2.24) is 19.5 Å². The molecule has 37 heavy (non-hydrogen) atoms. The fourth-order valence-corrected chi connectivity index (χ4v) is 5.22. The van der Waals surface area contributed by atoms with Crippen molar-refractivity contribution >= 4 is 17.2 Å². The van der Waals surface area contributed by atoms with Gasteiger partial charge in [-0.2, -0.15) is 10.4 Å². The van der Waals surface area contributed by atoms with Crippen LogP contribution < -0.4 is 9.64 Å². The third-order valence-corrected chi connectivity index (χ3v) is 7.10. The number of amides is 1.